The van der Waals surface area contributed by atoms with Gasteiger partial charge in [-0.15, -0.1) is 11.3 Å². The molecule has 3 rings (SSSR count). The number of carbonyl (C=O) groups excluding carboxylic acids is 1. The molecule has 104 valence electrons. The van der Waals surface area contributed by atoms with Crippen LogP contribution in [0.4, 0.5) is 4.39 Å². The molecule has 0 bridgehead atoms. The SMILES string of the molecule is O=C(NC1CCCc2sccc21)c1cc(Cl)ccc1F. The summed E-state index contributed by atoms with van der Waals surface area (Å²) in [5.41, 5.74) is 1.16. The maximum Gasteiger partial charge on any atom is 0.254 e. The van der Waals surface area contributed by atoms with Crippen LogP contribution >= 0.6 is 22.9 Å². The Bertz CT molecular complexity index is 655. The molecule has 1 unspecified atom stereocenters. The number of benzene rings is 1. The molecule has 0 spiro atoms. The molecule has 5 heteroatoms. The van der Waals surface area contributed by atoms with E-state index in [2.05, 4.69) is 5.32 Å². The van der Waals surface area contributed by atoms with Crippen molar-refractivity contribution >= 4 is 28.8 Å². The molecule has 1 aliphatic carbocycles. The van der Waals surface area contributed by atoms with Gasteiger partial charge in [0.15, 0.2) is 0 Å². The summed E-state index contributed by atoms with van der Waals surface area (Å²) in [7, 11) is 0. The van der Waals surface area contributed by atoms with Crippen LogP contribution in [0.1, 0.15) is 39.7 Å². The highest BCUT2D eigenvalue weighted by molar-refractivity contribution is 7.10. The quantitative estimate of drug-likeness (QED) is 0.878. The van der Waals surface area contributed by atoms with Crippen LogP contribution in [0.25, 0.3) is 0 Å². The lowest BCUT2D eigenvalue weighted by atomic mass is 9.94. The normalized spacial score (nSPS) is 17.6. The van der Waals surface area contributed by atoms with Gasteiger partial charge in [-0.2, -0.15) is 0 Å². The second-order valence-electron chi connectivity index (χ2n) is 4.84. The third kappa shape index (κ3) is 2.58. The van der Waals surface area contributed by atoms with Crippen molar-refractivity contribution in [3.05, 3.63) is 56.5 Å². The number of rotatable bonds is 2. The summed E-state index contributed by atoms with van der Waals surface area (Å²) in [4.78, 5) is 13.5. The molecule has 1 atom stereocenters. The van der Waals surface area contributed by atoms with Crippen molar-refractivity contribution < 1.29 is 9.18 Å². The van der Waals surface area contributed by atoms with E-state index in [4.69, 9.17) is 11.6 Å². The first-order valence-electron chi connectivity index (χ1n) is 6.47. The molecular weight excluding hydrogens is 297 g/mol. The first-order chi connectivity index (χ1) is 9.65. The number of hydrogen-bond donors (Lipinski definition) is 1. The van der Waals surface area contributed by atoms with Gasteiger partial charge in [0.1, 0.15) is 5.82 Å². The molecule has 1 aromatic heterocycles. The molecule has 0 fully saturated rings. The fourth-order valence-electron chi connectivity index (χ4n) is 2.54. The van der Waals surface area contributed by atoms with Crippen LogP contribution in [-0.2, 0) is 6.42 Å². The molecule has 0 saturated heterocycles. The minimum Gasteiger partial charge on any atom is -0.345 e. The highest BCUT2D eigenvalue weighted by atomic mass is 35.5. The molecule has 0 radical (unpaired) electrons. The minimum absolute atomic E-state index is 0.000136. The van der Waals surface area contributed by atoms with E-state index in [1.165, 1.54) is 23.1 Å². The van der Waals surface area contributed by atoms with E-state index in [0.29, 0.717) is 5.02 Å². The van der Waals surface area contributed by atoms with Crippen LogP contribution in [0.2, 0.25) is 5.02 Å². The predicted octanol–water partition coefficient (Wildman–Crippen LogP) is 4.35. The van der Waals surface area contributed by atoms with Crippen LogP contribution in [0.3, 0.4) is 0 Å². The van der Waals surface area contributed by atoms with Gasteiger partial charge in [0.2, 0.25) is 0 Å². The maximum absolute atomic E-state index is 13.7. The van der Waals surface area contributed by atoms with Crippen molar-refractivity contribution in [2.45, 2.75) is 25.3 Å². The fourth-order valence-corrected chi connectivity index (χ4v) is 3.70. The van der Waals surface area contributed by atoms with E-state index < -0.39 is 11.7 Å². The van der Waals surface area contributed by atoms with E-state index in [1.54, 1.807) is 11.3 Å². The van der Waals surface area contributed by atoms with Gasteiger partial charge in [0, 0.05) is 9.90 Å². The van der Waals surface area contributed by atoms with Crippen LogP contribution in [0, 0.1) is 5.82 Å². The zero-order chi connectivity index (χ0) is 14.1. The van der Waals surface area contributed by atoms with Gasteiger partial charge in [0.25, 0.3) is 5.91 Å². The molecule has 1 heterocycles. The number of halogens is 2. The van der Waals surface area contributed by atoms with Crippen molar-refractivity contribution in [3.63, 3.8) is 0 Å². The zero-order valence-electron chi connectivity index (χ0n) is 10.7. The molecule has 2 nitrogen and oxygen atoms in total. The number of aryl methyl sites for hydroxylation is 1. The Balaban J connectivity index is 1.82. The minimum atomic E-state index is -0.548. The van der Waals surface area contributed by atoms with Gasteiger partial charge in [-0.1, -0.05) is 11.6 Å². The molecule has 1 aliphatic rings. The zero-order valence-corrected chi connectivity index (χ0v) is 12.2. The van der Waals surface area contributed by atoms with E-state index >= 15 is 0 Å². The average Bonchev–Trinajstić information content (AvgIpc) is 2.91. The van der Waals surface area contributed by atoms with Gasteiger partial charge >= 0.3 is 0 Å². The number of nitrogens with one attached hydrogen (secondary N) is 1. The second kappa shape index (κ2) is 5.54. The second-order valence-corrected chi connectivity index (χ2v) is 6.28. The number of carbonyl (C=O) groups is 1. The monoisotopic (exact) mass is 309 g/mol. The molecule has 0 saturated carbocycles. The molecule has 1 aromatic carbocycles. The van der Waals surface area contributed by atoms with Crippen molar-refractivity contribution in [2.75, 3.05) is 0 Å². The van der Waals surface area contributed by atoms with Gasteiger partial charge in [-0.3, -0.25) is 4.79 Å². The molecule has 0 aliphatic heterocycles. The van der Waals surface area contributed by atoms with Crippen LogP contribution in [-0.4, -0.2) is 5.91 Å². The van der Waals surface area contributed by atoms with Crippen molar-refractivity contribution in [3.8, 4) is 0 Å². The van der Waals surface area contributed by atoms with E-state index in [1.807, 2.05) is 11.4 Å². The Morgan fingerprint density at radius 3 is 3.10 bits per heavy atom. The third-order valence-corrected chi connectivity index (χ3v) is 4.76. The van der Waals surface area contributed by atoms with E-state index in [-0.39, 0.29) is 11.6 Å². The summed E-state index contributed by atoms with van der Waals surface area (Å²) in [5.74, 6) is -0.956. The largest absolute Gasteiger partial charge is 0.345 e. The van der Waals surface area contributed by atoms with Crippen LogP contribution in [0.15, 0.2) is 29.6 Å². The number of thiophene rings is 1. The van der Waals surface area contributed by atoms with E-state index in [9.17, 15) is 9.18 Å². The summed E-state index contributed by atoms with van der Waals surface area (Å²) < 4.78 is 13.7. The average molecular weight is 310 g/mol. The summed E-state index contributed by atoms with van der Waals surface area (Å²) in [6.07, 6.45) is 2.99. The van der Waals surface area contributed by atoms with Gasteiger partial charge in [-0.05, 0) is 54.5 Å². The Hall–Kier alpha value is -1.39. The van der Waals surface area contributed by atoms with Crippen molar-refractivity contribution in [1.82, 2.24) is 5.32 Å². The summed E-state index contributed by atoms with van der Waals surface area (Å²) >= 11 is 7.53. The lowest BCUT2D eigenvalue weighted by Crippen LogP contribution is -2.31. The highest BCUT2D eigenvalue weighted by Gasteiger charge is 2.24. The summed E-state index contributed by atoms with van der Waals surface area (Å²) in [5, 5.41) is 5.31. The Morgan fingerprint density at radius 2 is 2.25 bits per heavy atom. The molecule has 1 amide bonds. The molecular formula is C15H13ClFNOS. The Labute approximate surface area is 125 Å². The Morgan fingerprint density at radius 1 is 1.40 bits per heavy atom. The van der Waals surface area contributed by atoms with Gasteiger partial charge in [0.05, 0.1) is 11.6 Å². The third-order valence-electron chi connectivity index (χ3n) is 3.53. The van der Waals surface area contributed by atoms with E-state index in [0.717, 1.165) is 24.8 Å². The highest BCUT2D eigenvalue weighted by Crippen LogP contribution is 2.33. The smallest absolute Gasteiger partial charge is 0.254 e. The van der Waals surface area contributed by atoms with Crippen molar-refractivity contribution in [1.29, 1.82) is 0 Å². The fraction of sp³-hybridized carbons (Fsp3) is 0.267. The summed E-state index contributed by atoms with van der Waals surface area (Å²) in [6, 6.07) is 6.03. The lowest BCUT2D eigenvalue weighted by Gasteiger charge is -2.23. The van der Waals surface area contributed by atoms with Crippen LogP contribution < -0.4 is 5.32 Å². The number of fused-ring (bicyclic) bond motifs is 1. The van der Waals surface area contributed by atoms with Gasteiger partial charge < -0.3 is 5.32 Å². The van der Waals surface area contributed by atoms with Gasteiger partial charge in [-0.25, -0.2) is 4.39 Å². The Kier molecular flexibility index (Phi) is 3.76. The number of hydrogen-bond acceptors (Lipinski definition) is 2. The first-order valence-corrected chi connectivity index (χ1v) is 7.73. The standard InChI is InChI=1S/C15H13ClFNOS/c16-9-4-5-12(17)11(8-9)15(19)18-13-2-1-3-14-10(13)6-7-20-14/h4-8,13H,1-3H2,(H,18,19). The van der Waals surface area contributed by atoms with Crippen molar-refractivity contribution in [2.24, 2.45) is 0 Å². The first kappa shape index (κ1) is 13.6. The van der Waals surface area contributed by atoms with Crippen LogP contribution in [0.5, 0.6) is 0 Å². The molecule has 2 aromatic rings. The predicted molar refractivity (Wildman–Crippen MR) is 78.9 cm³/mol. The topological polar surface area (TPSA) is 29.1 Å². The lowest BCUT2D eigenvalue weighted by molar-refractivity contribution is 0.0929. The maximum atomic E-state index is 13.7. The molecule has 1 N–H and O–H groups in total. The number of amides is 1. The summed E-state index contributed by atoms with van der Waals surface area (Å²) in [6.45, 7) is 0. The molecule has 20 heavy (non-hydrogen) atoms.